The second-order valence-electron chi connectivity index (χ2n) is 6.24. The van der Waals surface area contributed by atoms with Gasteiger partial charge in [-0.05, 0) is 41.3 Å². The van der Waals surface area contributed by atoms with Gasteiger partial charge in [-0.2, -0.15) is 0 Å². The molecule has 0 unspecified atom stereocenters. The fourth-order valence-electron chi connectivity index (χ4n) is 2.04. The lowest BCUT2D eigenvalue weighted by atomic mass is 9.87. The lowest BCUT2D eigenvalue weighted by molar-refractivity contribution is -0.114. The van der Waals surface area contributed by atoms with Crippen LogP contribution in [0, 0.1) is 5.82 Å². The monoisotopic (exact) mass is 300 g/mol. The van der Waals surface area contributed by atoms with Crippen LogP contribution in [0.4, 0.5) is 15.8 Å². The van der Waals surface area contributed by atoms with Crippen molar-refractivity contribution in [2.45, 2.75) is 26.2 Å². The Bertz CT molecular complexity index is 645. The molecule has 0 bridgehead atoms. The van der Waals surface area contributed by atoms with Crippen LogP contribution in [0.15, 0.2) is 48.5 Å². The van der Waals surface area contributed by atoms with Gasteiger partial charge in [0.2, 0.25) is 5.91 Å². The molecule has 2 N–H and O–H groups in total. The predicted octanol–water partition coefficient (Wildman–Crippen LogP) is 4.17. The number of rotatable bonds is 4. The first-order valence-electron chi connectivity index (χ1n) is 7.24. The van der Waals surface area contributed by atoms with Crippen LogP contribution in [-0.4, -0.2) is 12.5 Å². The first kappa shape index (κ1) is 16.0. The number of hydrogen-bond acceptors (Lipinski definition) is 2. The van der Waals surface area contributed by atoms with Gasteiger partial charge in [-0.3, -0.25) is 4.79 Å². The molecular weight excluding hydrogens is 279 g/mol. The molecule has 0 saturated carbocycles. The van der Waals surface area contributed by atoms with Gasteiger partial charge in [-0.15, -0.1) is 0 Å². The van der Waals surface area contributed by atoms with E-state index in [1.165, 1.54) is 17.7 Å². The number of anilines is 2. The number of nitrogens with one attached hydrogen (secondary N) is 2. The molecule has 0 spiro atoms. The van der Waals surface area contributed by atoms with E-state index >= 15 is 0 Å². The minimum Gasteiger partial charge on any atom is -0.376 e. The molecule has 2 aromatic rings. The molecule has 0 radical (unpaired) electrons. The van der Waals surface area contributed by atoms with Gasteiger partial charge >= 0.3 is 0 Å². The van der Waals surface area contributed by atoms with Gasteiger partial charge in [-0.25, -0.2) is 4.39 Å². The number of halogens is 1. The Kier molecular flexibility index (Phi) is 4.81. The van der Waals surface area contributed by atoms with Crippen LogP contribution in [-0.2, 0) is 10.2 Å². The van der Waals surface area contributed by atoms with Crippen molar-refractivity contribution in [1.82, 2.24) is 0 Å². The zero-order chi connectivity index (χ0) is 16.2. The molecular formula is C18H21FN2O. The summed E-state index contributed by atoms with van der Waals surface area (Å²) in [4.78, 5) is 11.8. The summed E-state index contributed by atoms with van der Waals surface area (Å²) in [6.45, 7) is 6.59. The molecule has 0 aliphatic rings. The van der Waals surface area contributed by atoms with E-state index in [9.17, 15) is 9.18 Å². The summed E-state index contributed by atoms with van der Waals surface area (Å²) in [5.74, 6) is -0.589. The standard InChI is InChI=1S/C18H21FN2O/c1-18(2,3)13-7-9-15(10-8-13)20-12-17(22)21-16-6-4-5-14(19)11-16/h4-11,20H,12H2,1-3H3,(H,21,22). The molecule has 2 rings (SSSR count). The van der Waals surface area contributed by atoms with Crippen molar-refractivity contribution in [2.24, 2.45) is 0 Å². The Morgan fingerprint density at radius 2 is 1.73 bits per heavy atom. The van der Waals surface area contributed by atoms with Crippen molar-refractivity contribution in [3.63, 3.8) is 0 Å². The quantitative estimate of drug-likeness (QED) is 0.889. The second-order valence-corrected chi connectivity index (χ2v) is 6.24. The van der Waals surface area contributed by atoms with Gasteiger partial charge < -0.3 is 10.6 Å². The van der Waals surface area contributed by atoms with Crippen LogP contribution in [0.1, 0.15) is 26.3 Å². The van der Waals surface area contributed by atoms with Gasteiger partial charge in [0.1, 0.15) is 5.82 Å². The van der Waals surface area contributed by atoms with Crippen LogP contribution in [0.3, 0.4) is 0 Å². The molecule has 0 aliphatic carbocycles. The van der Waals surface area contributed by atoms with Crippen LogP contribution >= 0.6 is 0 Å². The summed E-state index contributed by atoms with van der Waals surface area (Å²) >= 11 is 0. The second kappa shape index (κ2) is 6.60. The van der Waals surface area contributed by atoms with E-state index in [-0.39, 0.29) is 23.7 Å². The number of carbonyl (C=O) groups is 1. The fraction of sp³-hybridized carbons (Fsp3) is 0.278. The van der Waals surface area contributed by atoms with Crippen LogP contribution in [0.2, 0.25) is 0 Å². The summed E-state index contributed by atoms with van der Waals surface area (Å²) in [6, 6.07) is 13.8. The highest BCUT2D eigenvalue weighted by Crippen LogP contribution is 2.23. The van der Waals surface area contributed by atoms with Crippen LogP contribution in [0.25, 0.3) is 0 Å². The van der Waals surface area contributed by atoms with Crippen molar-refractivity contribution >= 4 is 17.3 Å². The predicted molar refractivity (Wildman–Crippen MR) is 88.7 cm³/mol. The SMILES string of the molecule is CC(C)(C)c1ccc(NCC(=O)Nc2cccc(F)c2)cc1. The summed E-state index contributed by atoms with van der Waals surface area (Å²) in [7, 11) is 0. The zero-order valence-electron chi connectivity index (χ0n) is 13.1. The third kappa shape index (κ3) is 4.58. The third-order valence-corrected chi connectivity index (χ3v) is 3.31. The summed E-state index contributed by atoms with van der Waals surface area (Å²) in [5.41, 5.74) is 2.67. The number of hydrogen-bond donors (Lipinski definition) is 2. The Morgan fingerprint density at radius 1 is 1.05 bits per heavy atom. The molecule has 22 heavy (non-hydrogen) atoms. The molecule has 0 atom stereocenters. The van der Waals surface area contributed by atoms with Gasteiger partial charge in [-0.1, -0.05) is 39.0 Å². The van der Waals surface area contributed by atoms with E-state index in [2.05, 4.69) is 31.4 Å². The Labute approximate surface area is 130 Å². The molecule has 0 fully saturated rings. The van der Waals surface area contributed by atoms with Gasteiger partial charge in [0.05, 0.1) is 6.54 Å². The Hall–Kier alpha value is -2.36. The highest BCUT2D eigenvalue weighted by Gasteiger charge is 2.12. The Balaban J connectivity index is 1.88. The molecule has 0 heterocycles. The molecule has 3 nitrogen and oxygen atoms in total. The van der Waals surface area contributed by atoms with Gasteiger partial charge in [0.15, 0.2) is 0 Å². The number of amides is 1. The highest BCUT2D eigenvalue weighted by atomic mass is 19.1. The first-order chi connectivity index (χ1) is 10.3. The van der Waals surface area contributed by atoms with Crippen molar-refractivity contribution in [2.75, 3.05) is 17.2 Å². The fourth-order valence-corrected chi connectivity index (χ4v) is 2.04. The van der Waals surface area contributed by atoms with Gasteiger partial charge in [0, 0.05) is 11.4 Å². The molecule has 4 heteroatoms. The van der Waals surface area contributed by atoms with Crippen molar-refractivity contribution in [3.05, 3.63) is 59.9 Å². The van der Waals surface area contributed by atoms with E-state index in [1.54, 1.807) is 12.1 Å². The maximum atomic E-state index is 13.0. The summed E-state index contributed by atoms with van der Waals surface area (Å²) < 4.78 is 13.0. The molecule has 116 valence electrons. The van der Waals surface area contributed by atoms with Crippen LogP contribution in [0.5, 0.6) is 0 Å². The van der Waals surface area contributed by atoms with E-state index in [0.717, 1.165) is 5.69 Å². The molecule has 0 aliphatic heterocycles. The first-order valence-corrected chi connectivity index (χ1v) is 7.24. The zero-order valence-corrected chi connectivity index (χ0v) is 13.1. The molecule has 2 aromatic carbocycles. The smallest absolute Gasteiger partial charge is 0.243 e. The lowest BCUT2D eigenvalue weighted by Gasteiger charge is -2.19. The largest absolute Gasteiger partial charge is 0.376 e. The minimum absolute atomic E-state index is 0.104. The average molecular weight is 300 g/mol. The van der Waals surface area contributed by atoms with E-state index in [1.807, 2.05) is 24.3 Å². The maximum absolute atomic E-state index is 13.0. The highest BCUT2D eigenvalue weighted by molar-refractivity contribution is 5.93. The van der Waals surface area contributed by atoms with Gasteiger partial charge in [0.25, 0.3) is 0 Å². The number of benzene rings is 2. The normalized spacial score (nSPS) is 11.1. The lowest BCUT2D eigenvalue weighted by Crippen LogP contribution is -2.21. The van der Waals surface area contributed by atoms with Crippen molar-refractivity contribution in [1.29, 1.82) is 0 Å². The average Bonchev–Trinajstić information content (AvgIpc) is 2.45. The van der Waals surface area contributed by atoms with Crippen molar-refractivity contribution in [3.8, 4) is 0 Å². The maximum Gasteiger partial charge on any atom is 0.243 e. The topological polar surface area (TPSA) is 41.1 Å². The molecule has 0 saturated heterocycles. The summed E-state index contributed by atoms with van der Waals surface area (Å²) in [6.07, 6.45) is 0. The third-order valence-electron chi connectivity index (χ3n) is 3.31. The van der Waals surface area contributed by atoms with E-state index < -0.39 is 0 Å². The van der Waals surface area contributed by atoms with E-state index in [4.69, 9.17) is 0 Å². The molecule has 1 amide bonds. The minimum atomic E-state index is -0.372. The van der Waals surface area contributed by atoms with E-state index in [0.29, 0.717) is 5.69 Å². The van der Waals surface area contributed by atoms with Crippen LogP contribution < -0.4 is 10.6 Å². The number of carbonyl (C=O) groups excluding carboxylic acids is 1. The summed E-state index contributed by atoms with van der Waals surface area (Å²) in [5, 5.41) is 5.70. The Morgan fingerprint density at radius 3 is 2.32 bits per heavy atom. The molecule has 0 aromatic heterocycles. The van der Waals surface area contributed by atoms with Crippen molar-refractivity contribution < 1.29 is 9.18 Å².